The minimum atomic E-state index is -0.423. The first-order chi connectivity index (χ1) is 15.0. The Bertz CT molecular complexity index is 1160. The summed E-state index contributed by atoms with van der Waals surface area (Å²) in [6, 6.07) is 15.8. The molecule has 0 saturated heterocycles. The predicted octanol–water partition coefficient (Wildman–Crippen LogP) is 5.49. The maximum absolute atomic E-state index is 12.8. The number of aryl methyl sites for hydroxylation is 1. The van der Waals surface area contributed by atoms with Gasteiger partial charge in [-0.15, -0.1) is 5.10 Å². The van der Waals surface area contributed by atoms with Gasteiger partial charge >= 0.3 is 5.97 Å². The standard InChI is InChI=1S/C23H23BrN4O2S/c1-4-30-21(29)19-15(3)25-22-26-23(31-13-17-9-6-5-8-14(17)2)27-28(22)20(19)16-10-7-11-18(24)12-16/h5-12,20H,4,13H2,1-3H3,(H,25,26,27)/t20-/m0/s1. The molecular weight excluding hydrogens is 476 g/mol. The van der Waals surface area contributed by atoms with E-state index in [2.05, 4.69) is 45.3 Å². The lowest BCUT2D eigenvalue weighted by Gasteiger charge is -2.28. The number of thioether (sulfide) groups is 1. The minimum absolute atomic E-state index is 0.308. The predicted molar refractivity (Wildman–Crippen MR) is 126 cm³/mol. The van der Waals surface area contributed by atoms with Gasteiger partial charge in [0.05, 0.1) is 12.2 Å². The monoisotopic (exact) mass is 498 g/mol. The van der Waals surface area contributed by atoms with E-state index in [0.29, 0.717) is 23.3 Å². The van der Waals surface area contributed by atoms with Crippen LogP contribution in [-0.4, -0.2) is 27.3 Å². The van der Waals surface area contributed by atoms with Crippen LogP contribution >= 0.6 is 27.7 Å². The summed E-state index contributed by atoms with van der Waals surface area (Å²) in [5, 5.41) is 8.65. The first-order valence-electron chi connectivity index (χ1n) is 10.0. The van der Waals surface area contributed by atoms with Crippen molar-refractivity contribution in [3.8, 4) is 0 Å². The number of esters is 1. The van der Waals surface area contributed by atoms with Gasteiger partial charge in [-0.05, 0) is 49.6 Å². The number of fused-ring (bicyclic) bond motifs is 1. The van der Waals surface area contributed by atoms with Crippen LogP contribution in [0.15, 0.2) is 69.4 Å². The SMILES string of the molecule is CCOC(=O)C1=C(C)Nc2nc(SCc3ccccc3C)nn2[C@H]1c1cccc(Br)c1. The third-order valence-electron chi connectivity index (χ3n) is 5.11. The number of carbonyl (C=O) groups is 1. The highest BCUT2D eigenvalue weighted by Gasteiger charge is 2.35. The number of nitrogens with zero attached hydrogens (tertiary/aromatic N) is 3. The van der Waals surface area contributed by atoms with Crippen molar-refractivity contribution >= 4 is 39.6 Å². The zero-order valence-electron chi connectivity index (χ0n) is 17.6. The molecule has 1 atom stereocenters. The summed E-state index contributed by atoms with van der Waals surface area (Å²) in [7, 11) is 0. The van der Waals surface area contributed by atoms with Gasteiger partial charge in [-0.3, -0.25) is 0 Å². The Kier molecular flexibility index (Phi) is 6.48. The largest absolute Gasteiger partial charge is 0.463 e. The molecule has 160 valence electrons. The van der Waals surface area contributed by atoms with Crippen LogP contribution in [-0.2, 0) is 15.3 Å². The normalized spacial score (nSPS) is 15.4. The van der Waals surface area contributed by atoms with Gasteiger partial charge in [-0.1, -0.05) is 64.1 Å². The zero-order chi connectivity index (χ0) is 22.0. The van der Waals surface area contributed by atoms with E-state index in [1.807, 2.05) is 43.3 Å². The fourth-order valence-electron chi connectivity index (χ4n) is 3.56. The van der Waals surface area contributed by atoms with E-state index in [4.69, 9.17) is 9.84 Å². The highest BCUT2D eigenvalue weighted by atomic mass is 79.9. The number of nitrogens with one attached hydrogen (secondary N) is 1. The van der Waals surface area contributed by atoms with Gasteiger partial charge < -0.3 is 10.1 Å². The molecule has 4 rings (SSSR count). The average molecular weight is 499 g/mol. The third kappa shape index (κ3) is 4.55. The molecule has 0 bridgehead atoms. The molecular formula is C23H23BrN4O2S. The molecule has 1 N–H and O–H groups in total. The van der Waals surface area contributed by atoms with Gasteiger partial charge in [0.1, 0.15) is 6.04 Å². The summed E-state index contributed by atoms with van der Waals surface area (Å²) >= 11 is 5.11. The lowest BCUT2D eigenvalue weighted by molar-refractivity contribution is -0.139. The number of anilines is 1. The second-order valence-corrected chi connectivity index (χ2v) is 9.08. The van der Waals surface area contributed by atoms with Crippen molar-refractivity contribution in [2.24, 2.45) is 0 Å². The Hall–Kier alpha value is -2.58. The maximum atomic E-state index is 12.8. The van der Waals surface area contributed by atoms with E-state index in [1.54, 1.807) is 23.4 Å². The van der Waals surface area contributed by atoms with Crippen LogP contribution in [0.1, 0.15) is 36.6 Å². The van der Waals surface area contributed by atoms with Crippen LogP contribution in [0.25, 0.3) is 0 Å². The Morgan fingerprint density at radius 2 is 2.03 bits per heavy atom. The molecule has 0 spiro atoms. The average Bonchev–Trinajstić information content (AvgIpc) is 3.14. The zero-order valence-corrected chi connectivity index (χ0v) is 20.0. The molecule has 1 aromatic heterocycles. The molecule has 1 aliphatic heterocycles. The van der Waals surface area contributed by atoms with Gasteiger partial charge in [0, 0.05) is 15.9 Å². The van der Waals surface area contributed by atoms with Crippen molar-refractivity contribution in [1.29, 1.82) is 0 Å². The number of carbonyl (C=O) groups excluding carboxylic acids is 1. The fourth-order valence-corrected chi connectivity index (χ4v) is 4.89. The third-order valence-corrected chi connectivity index (χ3v) is 6.49. The summed E-state index contributed by atoms with van der Waals surface area (Å²) in [5.41, 5.74) is 4.68. The molecule has 0 radical (unpaired) electrons. The molecule has 2 heterocycles. The van der Waals surface area contributed by atoms with Gasteiger partial charge in [0.2, 0.25) is 11.1 Å². The van der Waals surface area contributed by atoms with Gasteiger partial charge in [0.15, 0.2) is 0 Å². The van der Waals surface area contributed by atoms with E-state index in [0.717, 1.165) is 21.5 Å². The molecule has 1 aliphatic rings. The van der Waals surface area contributed by atoms with Crippen LogP contribution < -0.4 is 5.32 Å². The van der Waals surface area contributed by atoms with E-state index in [-0.39, 0.29) is 5.97 Å². The second-order valence-electron chi connectivity index (χ2n) is 7.22. The number of allylic oxidation sites excluding steroid dienone is 1. The first kappa shape index (κ1) is 21.6. The summed E-state index contributed by atoms with van der Waals surface area (Å²) in [6.45, 7) is 6.09. The molecule has 0 unspecified atom stereocenters. The van der Waals surface area contributed by atoms with E-state index >= 15 is 0 Å². The highest BCUT2D eigenvalue weighted by Crippen LogP contribution is 2.37. The molecule has 0 amide bonds. The van der Waals surface area contributed by atoms with Crippen molar-refractivity contribution in [2.75, 3.05) is 11.9 Å². The molecule has 6 nitrogen and oxygen atoms in total. The Labute approximate surface area is 194 Å². The molecule has 0 aliphatic carbocycles. The molecule has 2 aromatic carbocycles. The molecule has 0 saturated carbocycles. The van der Waals surface area contributed by atoms with Crippen LogP contribution in [0.4, 0.5) is 5.95 Å². The lowest BCUT2D eigenvalue weighted by atomic mass is 9.96. The minimum Gasteiger partial charge on any atom is -0.463 e. The highest BCUT2D eigenvalue weighted by molar-refractivity contribution is 9.10. The maximum Gasteiger partial charge on any atom is 0.338 e. The topological polar surface area (TPSA) is 69.0 Å². The number of rotatable bonds is 6. The van der Waals surface area contributed by atoms with E-state index in [9.17, 15) is 4.79 Å². The lowest BCUT2D eigenvalue weighted by Crippen LogP contribution is -2.29. The van der Waals surface area contributed by atoms with Crippen molar-refractivity contribution in [3.63, 3.8) is 0 Å². The summed E-state index contributed by atoms with van der Waals surface area (Å²) in [4.78, 5) is 17.5. The quantitative estimate of drug-likeness (QED) is 0.357. The summed E-state index contributed by atoms with van der Waals surface area (Å²) in [5.74, 6) is 1.03. The van der Waals surface area contributed by atoms with Crippen LogP contribution in [0.5, 0.6) is 0 Å². The smallest absolute Gasteiger partial charge is 0.338 e. The van der Waals surface area contributed by atoms with Crippen molar-refractivity contribution in [3.05, 3.63) is 81.0 Å². The number of ether oxygens (including phenoxy) is 1. The summed E-state index contributed by atoms with van der Waals surface area (Å²) < 4.78 is 8.07. The number of halogens is 1. The Morgan fingerprint density at radius 3 is 2.77 bits per heavy atom. The number of benzene rings is 2. The van der Waals surface area contributed by atoms with Crippen LogP contribution in [0.2, 0.25) is 0 Å². The van der Waals surface area contributed by atoms with Gasteiger partial charge in [-0.2, -0.15) is 4.98 Å². The van der Waals surface area contributed by atoms with Crippen molar-refractivity contribution in [1.82, 2.24) is 14.8 Å². The molecule has 8 heteroatoms. The number of hydrogen-bond donors (Lipinski definition) is 1. The fraction of sp³-hybridized carbons (Fsp3) is 0.261. The van der Waals surface area contributed by atoms with E-state index < -0.39 is 6.04 Å². The van der Waals surface area contributed by atoms with Gasteiger partial charge in [-0.25, -0.2) is 9.48 Å². The Balaban J connectivity index is 1.71. The Morgan fingerprint density at radius 1 is 1.23 bits per heavy atom. The van der Waals surface area contributed by atoms with E-state index in [1.165, 1.54) is 11.1 Å². The van der Waals surface area contributed by atoms with Crippen molar-refractivity contribution < 1.29 is 9.53 Å². The number of hydrogen-bond acceptors (Lipinski definition) is 6. The molecule has 3 aromatic rings. The second kappa shape index (κ2) is 9.28. The van der Waals surface area contributed by atoms with Gasteiger partial charge in [0.25, 0.3) is 0 Å². The first-order valence-corrected chi connectivity index (χ1v) is 11.8. The molecule has 0 fully saturated rings. The van der Waals surface area contributed by atoms with Crippen LogP contribution in [0, 0.1) is 6.92 Å². The number of aromatic nitrogens is 3. The molecule has 31 heavy (non-hydrogen) atoms. The van der Waals surface area contributed by atoms with Crippen molar-refractivity contribution in [2.45, 2.75) is 37.7 Å². The summed E-state index contributed by atoms with van der Waals surface area (Å²) in [6.07, 6.45) is 0. The van der Waals surface area contributed by atoms with Crippen LogP contribution in [0.3, 0.4) is 0 Å².